The van der Waals surface area contributed by atoms with Crippen molar-refractivity contribution >= 4 is 23.2 Å². The molecule has 1 heterocycles. The van der Waals surface area contributed by atoms with E-state index < -0.39 is 5.60 Å². The first-order valence-corrected chi connectivity index (χ1v) is 10.0. The normalized spacial score (nSPS) is 22.6. The maximum Gasteiger partial charge on any atom is 0.247 e. The van der Waals surface area contributed by atoms with Crippen LogP contribution >= 0.6 is 11.6 Å². The van der Waals surface area contributed by atoms with Crippen molar-refractivity contribution in [3.63, 3.8) is 0 Å². The van der Waals surface area contributed by atoms with Crippen molar-refractivity contribution in [3.05, 3.63) is 64.7 Å². The van der Waals surface area contributed by atoms with Gasteiger partial charge in [-0.25, -0.2) is 0 Å². The molecule has 2 rings (SSSR count). The van der Waals surface area contributed by atoms with Gasteiger partial charge in [-0.05, 0) is 57.9 Å². The van der Waals surface area contributed by atoms with Crippen LogP contribution < -0.4 is 10.2 Å². The van der Waals surface area contributed by atoms with Crippen LogP contribution in [-0.2, 0) is 4.79 Å². The number of carbonyl (C=O) groups is 1. The Hall–Kier alpha value is -2.55. The average Bonchev–Trinajstić information content (AvgIpc) is 2.97. The lowest BCUT2D eigenvalue weighted by atomic mass is 9.86. The molecule has 6 heteroatoms. The van der Waals surface area contributed by atoms with Crippen molar-refractivity contribution in [1.29, 1.82) is 5.26 Å². The highest BCUT2D eigenvalue weighted by molar-refractivity contribution is 6.32. The number of amides is 1. The molecule has 0 aromatic heterocycles. The maximum atomic E-state index is 12.1. The van der Waals surface area contributed by atoms with Gasteiger partial charge in [0.15, 0.2) is 0 Å². The molecule has 0 saturated carbocycles. The molecule has 0 radical (unpaired) electrons. The Morgan fingerprint density at radius 3 is 2.72 bits per heavy atom. The number of rotatable bonds is 6. The van der Waals surface area contributed by atoms with E-state index in [1.54, 1.807) is 37.3 Å². The summed E-state index contributed by atoms with van der Waals surface area (Å²) < 4.78 is 0. The van der Waals surface area contributed by atoms with Gasteiger partial charge in [-0.15, -0.1) is 0 Å². The van der Waals surface area contributed by atoms with Crippen LogP contribution in [0.2, 0.25) is 5.02 Å². The molecular formula is C23H28ClN3O2. The minimum Gasteiger partial charge on any atom is -0.383 e. The van der Waals surface area contributed by atoms with Crippen molar-refractivity contribution in [2.75, 3.05) is 11.4 Å². The Morgan fingerprint density at radius 2 is 2.17 bits per heavy atom. The van der Waals surface area contributed by atoms with Gasteiger partial charge >= 0.3 is 0 Å². The third-order valence-electron chi connectivity index (χ3n) is 5.31. The minimum absolute atomic E-state index is 0.0561. The molecule has 1 fully saturated rings. The fourth-order valence-electron chi connectivity index (χ4n) is 3.52. The van der Waals surface area contributed by atoms with Crippen LogP contribution in [0.4, 0.5) is 5.69 Å². The highest BCUT2D eigenvalue weighted by Gasteiger charge is 2.45. The third-order valence-corrected chi connectivity index (χ3v) is 5.62. The van der Waals surface area contributed by atoms with Gasteiger partial charge in [0.1, 0.15) is 11.7 Å². The first-order valence-electron chi connectivity index (χ1n) is 9.65. The molecular weight excluding hydrogens is 386 g/mol. The highest BCUT2D eigenvalue weighted by atomic mass is 35.5. The number of benzene rings is 1. The van der Waals surface area contributed by atoms with E-state index in [9.17, 15) is 9.90 Å². The zero-order valence-corrected chi connectivity index (χ0v) is 18.1. The number of nitrogens with one attached hydrogen (secondary N) is 1. The number of carbonyl (C=O) groups excluding carboxylic acids is 1. The van der Waals surface area contributed by atoms with E-state index in [4.69, 9.17) is 16.9 Å². The molecule has 1 aromatic carbocycles. The minimum atomic E-state index is -1.12. The zero-order valence-electron chi connectivity index (χ0n) is 17.4. The molecule has 0 aliphatic carbocycles. The smallest absolute Gasteiger partial charge is 0.247 e. The predicted octanol–water partition coefficient (Wildman–Crippen LogP) is 4.12. The van der Waals surface area contributed by atoms with Crippen LogP contribution in [0.3, 0.4) is 0 Å². The average molecular weight is 414 g/mol. The predicted molar refractivity (Wildman–Crippen MR) is 118 cm³/mol. The number of allylic oxidation sites excluding steroid dienone is 2. The van der Waals surface area contributed by atoms with Crippen molar-refractivity contribution in [2.24, 2.45) is 0 Å². The second kappa shape index (κ2) is 9.30. The fourth-order valence-corrected chi connectivity index (χ4v) is 3.74. The quantitative estimate of drug-likeness (QED) is 0.543. The summed E-state index contributed by atoms with van der Waals surface area (Å²) in [5.74, 6) is -0.139. The molecule has 1 aromatic rings. The Morgan fingerprint density at radius 1 is 1.48 bits per heavy atom. The number of nitrogens with zero attached hydrogens (tertiary/aromatic N) is 2. The number of halogens is 1. The SMILES string of the molecule is C=C/C(=C\C=C(/C)C(=O)NC(C)C)[C@]1(O)CCN(c2ccc(C#N)c(Cl)c2)[C@H]1C. The molecule has 2 N–H and O–H groups in total. The van der Waals surface area contributed by atoms with Gasteiger partial charge < -0.3 is 15.3 Å². The van der Waals surface area contributed by atoms with Crippen molar-refractivity contribution in [1.82, 2.24) is 5.32 Å². The van der Waals surface area contributed by atoms with E-state index in [0.29, 0.717) is 34.7 Å². The zero-order chi connectivity index (χ0) is 21.8. The summed E-state index contributed by atoms with van der Waals surface area (Å²) >= 11 is 6.18. The summed E-state index contributed by atoms with van der Waals surface area (Å²) in [5, 5.41) is 23.7. The second-order valence-electron chi connectivity index (χ2n) is 7.62. The van der Waals surface area contributed by atoms with Gasteiger partial charge in [-0.2, -0.15) is 5.26 Å². The summed E-state index contributed by atoms with van der Waals surface area (Å²) in [6.45, 7) is 12.0. The molecule has 1 aliphatic rings. The van der Waals surface area contributed by atoms with Crippen LogP contribution in [0.25, 0.3) is 0 Å². The monoisotopic (exact) mass is 413 g/mol. The van der Waals surface area contributed by atoms with E-state index in [1.807, 2.05) is 26.8 Å². The topological polar surface area (TPSA) is 76.4 Å². The van der Waals surface area contributed by atoms with E-state index in [1.165, 1.54) is 0 Å². The summed E-state index contributed by atoms with van der Waals surface area (Å²) in [6.07, 6.45) is 5.61. The standard InChI is InChI=1S/C23H28ClN3O2/c1-6-19(9-7-16(4)22(28)26-15(2)3)23(29)11-12-27(17(23)5)20-10-8-18(14-25)21(24)13-20/h6-10,13,15,17,29H,1,11-12H2,2-5H3,(H,26,28)/b16-7+,19-9+/t17-,23-/m0/s1. The number of hydrogen-bond acceptors (Lipinski definition) is 4. The van der Waals surface area contributed by atoms with Crippen molar-refractivity contribution < 1.29 is 9.90 Å². The van der Waals surface area contributed by atoms with Crippen LogP contribution in [-0.4, -0.2) is 35.2 Å². The van der Waals surface area contributed by atoms with Gasteiger partial charge in [0.2, 0.25) is 5.91 Å². The Balaban J connectivity index is 2.28. The molecule has 0 bridgehead atoms. The lowest BCUT2D eigenvalue weighted by Gasteiger charge is -2.33. The molecule has 1 amide bonds. The molecule has 0 unspecified atom stereocenters. The molecule has 5 nitrogen and oxygen atoms in total. The first kappa shape index (κ1) is 22.7. The maximum absolute atomic E-state index is 12.1. The lowest BCUT2D eigenvalue weighted by Crippen LogP contribution is -2.43. The lowest BCUT2D eigenvalue weighted by molar-refractivity contribution is -0.117. The second-order valence-corrected chi connectivity index (χ2v) is 8.03. The van der Waals surface area contributed by atoms with E-state index in [0.717, 1.165) is 5.69 Å². The fraction of sp³-hybridized carbons (Fsp3) is 0.391. The van der Waals surface area contributed by atoms with Gasteiger partial charge in [-0.3, -0.25) is 4.79 Å². The molecule has 1 aliphatic heterocycles. The number of nitriles is 1. The van der Waals surface area contributed by atoms with Crippen LogP contribution in [0.1, 0.15) is 39.7 Å². The molecule has 0 spiro atoms. The van der Waals surface area contributed by atoms with E-state index in [2.05, 4.69) is 22.9 Å². The largest absolute Gasteiger partial charge is 0.383 e. The molecule has 29 heavy (non-hydrogen) atoms. The van der Waals surface area contributed by atoms with E-state index in [-0.39, 0.29) is 18.0 Å². The molecule has 2 atom stereocenters. The van der Waals surface area contributed by atoms with Crippen LogP contribution in [0.5, 0.6) is 0 Å². The van der Waals surface area contributed by atoms with Gasteiger partial charge in [0.05, 0.1) is 16.6 Å². The number of hydrogen-bond donors (Lipinski definition) is 2. The van der Waals surface area contributed by atoms with Gasteiger partial charge in [0.25, 0.3) is 0 Å². The van der Waals surface area contributed by atoms with Crippen LogP contribution in [0, 0.1) is 11.3 Å². The van der Waals surface area contributed by atoms with E-state index >= 15 is 0 Å². The van der Waals surface area contributed by atoms with Crippen molar-refractivity contribution in [3.8, 4) is 6.07 Å². The summed E-state index contributed by atoms with van der Waals surface area (Å²) in [6, 6.07) is 7.14. The Kier molecular flexibility index (Phi) is 7.29. The number of aliphatic hydroxyl groups is 1. The van der Waals surface area contributed by atoms with Crippen LogP contribution in [0.15, 0.2) is 54.2 Å². The van der Waals surface area contributed by atoms with Gasteiger partial charge in [0, 0.05) is 23.8 Å². The van der Waals surface area contributed by atoms with Gasteiger partial charge in [-0.1, -0.05) is 36.4 Å². The Bertz CT molecular complexity index is 898. The summed E-state index contributed by atoms with van der Waals surface area (Å²) in [4.78, 5) is 14.2. The van der Waals surface area contributed by atoms with Crippen molar-refractivity contribution in [2.45, 2.75) is 51.8 Å². The number of anilines is 1. The Labute approximate surface area is 178 Å². The summed E-state index contributed by atoms with van der Waals surface area (Å²) in [7, 11) is 0. The third kappa shape index (κ3) is 4.90. The summed E-state index contributed by atoms with van der Waals surface area (Å²) in [5.41, 5.74) is 1.37. The first-order chi connectivity index (χ1) is 13.6. The molecule has 154 valence electrons. The molecule has 1 saturated heterocycles. The highest BCUT2D eigenvalue weighted by Crippen LogP contribution is 2.39.